The number of nitrogens with one attached hydrogen (secondary N) is 1. The fourth-order valence-electron chi connectivity index (χ4n) is 3.90. The molecule has 0 spiro atoms. The molecule has 3 aromatic rings. The highest BCUT2D eigenvalue weighted by molar-refractivity contribution is 6.46. The maximum absolute atomic E-state index is 13.5. The zero-order valence-electron chi connectivity index (χ0n) is 18.0. The van der Waals surface area contributed by atoms with Crippen molar-refractivity contribution in [2.24, 2.45) is 0 Å². The van der Waals surface area contributed by atoms with Crippen molar-refractivity contribution in [1.29, 1.82) is 0 Å². The van der Waals surface area contributed by atoms with Crippen molar-refractivity contribution in [2.45, 2.75) is 20.8 Å². The Morgan fingerprint density at radius 1 is 0.806 bits per heavy atom. The summed E-state index contributed by atoms with van der Waals surface area (Å²) in [5.41, 5.74) is 5.61. The number of amides is 2. The van der Waals surface area contributed by atoms with Crippen LogP contribution in [0, 0.1) is 20.8 Å². The van der Waals surface area contributed by atoms with Gasteiger partial charge in [-0.25, -0.2) is 4.90 Å². The number of carbonyl (C=O) groups excluding carboxylic acids is 2. The maximum Gasteiger partial charge on any atom is 0.282 e. The van der Waals surface area contributed by atoms with Crippen molar-refractivity contribution >= 4 is 28.8 Å². The fourth-order valence-corrected chi connectivity index (χ4v) is 3.90. The minimum Gasteiger partial charge on any atom is -0.497 e. The van der Waals surface area contributed by atoms with Crippen molar-refractivity contribution in [3.63, 3.8) is 0 Å². The molecule has 0 saturated heterocycles. The number of imide groups is 1. The Bertz CT molecular complexity index is 1190. The minimum atomic E-state index is -0.371. The van der Waals surface area contributed by atoms with Gasteiger partial charge in [-0.15, -0.1) is 0 Å². The van der Waals surface area contributed by atoms with Crippen LogP contribution in [0.2, 0.25) is 0 Å². The Balaban J connectivity index is 1.85. The molecule has 0 radical (unpaired) electrons. The van der Waals surface area contributed by atoms with E-state index in [1.165, 1.54) is 4.90 Å². The molecule has 0 bridgehead atoms. The van der Waals surface area contributed by atoms with Crippen LogP contribution in [0.15, 0.2) is 72.4 Å². The van der Waals surface area contributed by atoms with Crippen LogP contribution in [0.25, 0.3) is 5.57 Å². The van der Waals surface area contributed by atoms with Crippen LogP contribution in [-0.2, 0) is 9.59 Å². The molecule has 5 heteroatoms. The highest BCUT2D eigenvalue weighted by Crippen LogP contribution is 2.35. The van der Waals surface area contributed by atoms with E-state index < -0.39 is 0 Å². The van der Waals surface area contributed by atoms with Crippen LogP contribution in [0.5, 0.6) is 5.75 Å². The first kappa shape index (κ1) is 20.4. The van der Waals surface area contributed by atoms with Crippen molar-refractivity contribution < 1.29 is 14.3 Å². The van der Waals surface area contributed by atoms with Gasteiger partial charge in [-0.2, -0.15) is 0 Å². The Morgan fingerprint density at radius 2 is 1.45 bits per heavy atom. The summed E-state index contributed by atoms with van der Waals surface area (Å²) in [5, 5.41) is 3.24. The number of methoxy groups -OCH3 is 1. The van der Waals surface area contributed by atoms with Crippen LogP contribution in [-0.4, -0.2) is 18.9 Å². The zero-order chi connectivity index (χ0) is 22.1. The molecule has 31 heavy (non-hydrogen) atoms. The standard InChI is InChI=1S/C26H24N2O3/c1-16-13-17(2)15-20(14-16)27-24-23(19-9-11-21(31-4)12-10-19)25(29)28(26(24)30)22-8-6-5-7-18(22)3/h5-15,27H,1-4H3. The molecule has 5 nitrogen and oxygen atoms in total. The van der Waals surface area contributed by atoms with Gasteiger partial charge in [0.15, 0.2) is 0 Å². The van der Waals surface area contributed by atoms with E-state index in [0.29, 0.717) is 22.6 Å². The third-order valence-corrected chi connectivity index (χ3v) is 5.31. The van der Waals surface area contributed by atoms with Gasteiger partial charge in [0, 0.05) is 5.69 Å². The Hall–Kier alpha value is -3.86. The molecule has 4 rings (SSSR count). The van der Waals surface area contributed by atoms with Crippen molar-refractivity contribution in [2.75, 3.05) is 17.3 Å². The molecule has 1 heterocycles. The van der Waals surface area contributed by atoms with Gasteiger partial charge in [0.1, 0.15) is 11.4 Å². The van der Waals surface area contributed by atoms with E-state index in [0.717, 1.165) is 22.4 Å². The first-order chi connectivity index (χ1) is 14.9. The SMILES string of the molecule is COc1ccc(C2=C(Nc3cc(C)cc(C)c3)C(=O)N(c3ccccc3C)C2=O)cc1. The number of anilines is 2. The molecular weight excluding hydrogens is 388 g/mol. The molecule has 0 unspecified atom stereocenters. The van der Waals surface area contributed by atoms with Crippen molar-refractivity contribution in [3.05, 3.63) is 94.7 Å². The largest absolute Gasteiger partial charge is 0.497 e. The van der Waals surface area contributed by atoms with Gasteiger partial charge >= 0.3 is 0 Å². The number of aryl methyl sites for hydroxylation is 3. The summed E-state index contributed by atoms with van der Waals surface area (Å²) >= 11 is 0. The van der Waals surface area contributed by atoms with E-state index in [4.69, 9.17) is 4.74 Å². The van der Waals surface area contributed by atoms with E-state index in [2.05, 4.69) is 11.4 Å². The van der Waals surface area contributed by atoms with Crippen molar-refractivity contribution in [3.8, 4) is 5.75 Å². The monoisotopic (exact) mass is 412 g/mol. The molecular formula is C26H24N2O3. The summed E-state index contributed by atoms with van der Waals surface area (Å²) in [6.07, 6.45) is 0. The van der Waals surface area contributed by atoms with Gasteiger partial charge in [-0.3, -0.25) is 9.59 Å². The molecule has 0 atom stereocenters. The summed E-state index contributed by atoms with van der Waals surface area (Å²) in [5.74, 6) is -0.0404. The zero-order valence-corrected chi connectivity index (χ0v) is 18.0. The third-order valence-electron chi connectivity index (χ3n) is 5.31. The second kappa shape index (κ2) is 8.11. The minimum absolute atomic E-state index is 0.267. The van der Waals surface area contributed by atoms with Gasteiger partial charge in [0.2, 0.25) is 0 Å². The number of benzene rings is 3. The lowest BCUT2D eigenvalue weighted by Crippen LogP contribution is -2.33. The predicted molar refractivity (Wildman–Crippen MR) is 123 cm³/mol. The van der Waals surface area contributed by atoms with E-state index in [9.17, 15) is 9.59 Å². The van der Waals surface area contributed by atoms with Crippen LogP contribution in [0.3, 0.4) is 0 Å². The van der Waals surface area contributed by atoms with E-state index in [1.54, 1.807) is 37.4 Å². The Morgan fingerprint density at radius 3 is 2.06 bits per heavy atom. The lowest BCUT2D eigenvalue weighted by atomic mass is 10.0. The lowest BCUT2D eigenvalue weighted by molar-refractivity contribution is -0.120. The highest BCUT2D eigenvalue weighted by atomic mass is 16.5. The van der Waals surface area contributed by atoms with Crippen LogP contribution < -0.4 is 15.0 Å². The Kier molecular flexibility index (Phi) is 5.34. The molecule has 2 amide bonds. The number of nitrogens with zero attached hydrogens (tertiary/aromatic N) is 1. The molecule has 0 aliphatic carbocycles. The fraction of sp³-hybridized carbons (Fsp3) is 0.154. The second-order valence-electron chi connectivity index (χ2n) is 7.71. The average molecular weight is 412 g/mol. The lowest BCUT2D eigenvalue weighted by Gasteiger charge is -2.17. The number of ether oxygens (including phenoxy) is 1. The number of carbonyl (C=O) groups is 2. The van der Waals surface area contributed by atoms with Gasteiger partial charge in [0.05, 0.1) is 18.4 Å². The first-order valence-corrected chi connectivity index (χ1v) is 10.1. The molecule has 3 aromatic carbocycles. The summed E-state index contributed by atoms with van der Waals surface area (Å²) in [6.45, 7) is 5.88. The van der Waals surface area contributed by atoms with Gasteiger partial charge < -0.3 is 10.1 Å². The Labute approximate surface area is 182 Å². The number of hydrogen-bond donors (Lipinski definition) is 1. The van der Waals surface area contributed by atoms with Crippen molar-refractivity contribution in [1.82, 2.24) is 0 Å². The molecule has 0 aromatic heterocycles. The van der Waals surface area contributed by atoms with E-state index in [-0.39, 0.29) is 17.5 Å². The van der Waals surface area contributed by atoms with Gasteiger partial charge in [-0.1, -0.05) is 36.4 Å². The van der Waals surface area contributed by atoms with Gasteiger partial charge in [0.25, 0.3) is 11.8 Å². The molecule has 0 fully saturated rings. The smallest absolute Gasteiger partial charge is 0.282 e. The summed E-state index contributed by atoms with van der Waals surface area (Å²) in [4.78, 5) is 28.3. The molecule has 0 saturated carbocycles. The predicted octanol–water partition coefficient (Wildman–Crippen LogP) is 5.02. The normalized spacial score (nSPS) is 13.7. The van der Waals surface area contributed by atoms with Crippen LogP contribution in [0.4, 0.5) is 11.4 Å². The third kappa shape index (κ3) is 3.82. The number of rotatable bonds is 5. The van der Waals surface area contributed by atoms with Gasteiger partial charge in [-0.05, 0) is 73.4 Å². The molecule has 1 aliphatic rings. The highest BCUT2D eigenvalue weighted by Gasteiger charge is 2.40. The van der Waals surface area contributed by atoms with E-state index in [1.807, 2.05) is 51.1 Å². The summed E-state index contributed by atoms with van der Waals surface area (Å²) in [6, 6.07) is 20.5. The number of hydrogen-bond acceptors (Lipinski definition) is 4. The van der Waals surface area contributed by atoms with E-state index >= 15 is 0 Å². The molecule has 1 aliphatic heterocycles. The summed E-state index contributed by atoms with van der Waals surface area (Å²) < 4.78 is 5.24. The van der Waals surface area contributed by atoms with Crippen LogP contribution >= 0.6 is 0 Å². The topological polar surface area (TPSA) is 58.6 Å². The molecule has 156 valence electrons. The second-order valence-corrected chi connectivity index (χ2v) is 7.71. The number of para-hydroxylation sites is 1. The maximum atomic E-state index is 13.5. The van der Waals surface area contributed by atoms with Crippen LogP contribution in [0.1, 0.15) is 22.3 Å². The molecule has 1 N–H and O–H groups in total. The quantitative estimate of drug-likeness (QED) is 0.598. The average Bonchev–Trinajstić information content (AvgIpc) is 2.97. The summed E-state index contributed by atoms with van der Waals surface area (Å²) in [7, 11) is 1.59. The first-order valence-electron chi connectivity index (χ1n) is 10.1.